The Bertz CT molecular complexity index is 495. The number of ether oxygens (including phenoxy) is 2. The van der Waals surface area contributed by atoms with Crippen molar-refractivity contribution in [1.29, 1.82) is 0 Å². The first kappa shape index (κ1) is 17.2. The lowest BCUT2D eigenvalue weighted by molar-refractivity contribution is -0.112. The molecule has 0 bridgehead atoms. The molecule has 0 radical (unpaired) electrons. The number of methoxy groups -OCH3 is 1. The van der Waals surface area contributed by atoms with Gasteiger partial charge in [-0.2, -0.15) is 0 Å². The summed E-state index contributed by atoms with van der Waals surface area (Å²) in [6, 6.07) is 3.27. The van der Waals surface area contributed by atoms with E-state index in [1.165, 1.54) is 0 Å². The third kappa shape index (κ3) is 3.42. The molecule has 2 rings (SSSR count). The van der Waals surface area contributed by atoms with Crippen LogP contribution in [0.15, 0.2) is 16.6 Å². The molecule has 1 aliphatic rings. The van der Waals surface area contributed by atoms with Crippen molar-refractivity contribution >= 4 is 27.5 Å². The van der Waals surface area contributed by atoms with Gasteiger partial charge in [0.2, 0.25) is 0 Å². The molecule has 1 aliphatic heterocycles. The Kier molecular flexibility index (Phi) is 6.03. The summed E-state index contributed by atoms with van der Waals surface area (Å²) in [7, 11) is 1.67. The average molecular weight is 381 g/mol. The summed E-state index contributed by atoms with van der Waals surface area (Å²) in [5.74, 6) is -0.403. The number of rotatable bonds is 5. The molecule has 1 heterocycles. The Labute approximate surface area is 138 Å². The molecule has 3 nitrogen and oxygen atoms in total. The van der Waals surface area contributed by atoms with Gasteiger partial charge in [-0.3, -0.25) is 0 Å². The van der Waals surface area contributed by atoms with Crippen LogP contribution in [-0.2, 0) is 9.47 Å². The minimum Gasteiger partial charge on any atom is -0.381 e. The number of likely N-dealkylation sites (N-methyl/N-ethyl adjacent to an activating group) is 1. The Hall–Kier alpha value is -0.200. The minimum atomic E-state index is -0.480. The number of hydrogen-bond donors (Lipinski definition) is 1. The molecular weight excluding hydrogens is 361 g/mol. The summed E-state index contributed by atoms with van der Waals surface area (Å²) in [5, 5.41) is 3.46. The van der Waals surface area contributed by atoms with Crippen molar-refractivity contribution in [2.45, 2.75) is 31.4 Å². The maximum Gasteiger partial charge on any atom is 0.147 e. The molecule has 1 saturated heterocycles. The van der Waals surface area contributed by atoms with Crippen LogP contribution in [0.1, 0.15) is 31.4 Å². The largest absolute Gasteiger partial charge is 0.381 e. The molecule has 1 N–H and O–H groups in total. The summed E-state index contributed by atoms with van der Waals surface area (Å²) >= 11 is 9.29. The molecule has 0 saturated carbocycles. The Morgan fingerprint density at radius 2 is 2.14 bits per heavy atom. The van der Waals surface area contributed by atoms with Crippen LogP contribution >= 0.6 is 27.5 Å². The summed E-state index contributed by atoms with van der Waals surface area (Å²) in [4.78, 5) is 0. The van der Waals surface area contributed by atoms with Gasteiger partial charge in [-0.05, 0) is 28.5 Å². The fraction of sp³-hybridized carbons (Fsp3) is 0.600. The normalized spacial score (nSPS) is 19.5. The van der Waals surface area contributed by atoms with Crippen LogP contribution < -0.4 is 5.32 Å². The van der Waals surface area contributed by atoms with Gasteiger partial charge in [-0.25, -0.2) is 4.39 Å². The van der Waals surface area contributed by atoms with Gasteiger partial charge in [0.1, 0.15) is 5.82 Å². The van der Waals surface area contributed by atoms with E-state index in [1.54, 1.807) is 19.2 Å². The number of hydrogen-bond acceptors (Lipinski definition) is 3. The molecule has 21 heavy (non-hydrogen) atoms. The lowest BCUT2D eigenvalue weighted by atomic mass is 9.81. The van der Waals surface area contributed by atoms with Gasteiger partial charge < -0.3 is 14.8 Å². The van der Waals surface area contributed by atoms with Gasteiger partial charge in [0.05, 0.1) is 16.7 Å². The van der Waals surface area contributed by atoms with Crippen LogP contribution in [0.5, 0.6) is 0 Å². The average Bonchev–Trinajstić information content (AvgIpc) is 2.52. The molecule has 1 unspecified atom stereocenters. The SMILES string of the molecule is CCNC(c1ccc(Br)c(Cl)c1F)C1(OC)CCOCC1. The summed E-state index contributed by atoms with van der Waals surface area (Å²) in [6.45, 7) is 3.93. The monoisotopic (exact) mass is 379 g/mol. The van der Waals surface area contributed by atoms with E-state index in [-0.39, 0.29) is 11.1 Å². The standard InChI is InChI=1S/C15H20BrClFNO2/c1-3-19-14(15(20-2)6-8-21-9-7-15)10-4-5-11(16)12(17)13(10)18/h4-5,14,19H,3,6-9H2,1-2H3. The van der Waals surface area contributed by atoms with Gasteiger partial charge in [0.15, 0.2) is 0 Å². The first-order chi connectivity index (χ1) is 10.1. The lowest BCUT2D eigenvalue weighted by Crippen LogP contribution is -2.49. The van der Waals surface area contributed by atoms with Crippen molar-refractivity contribution in [1.82, 2.24) is 5.32 Å². The molecular formula is C15H20BrClFNO2. The molecule has 0 spiro atoms. The van der Waals surface area contributed by atoms with Gasteiger partial charge in [0, 0.05) is 43.2 Å². The highest BCUT2D eigenvalue weighted by molar-refractivity contribution is 9.10. The zero-order valence-corrected chi connectivity index (χ0v) is 14.6. The van der Waals surface area contributed by atoms with E-state index in [0.717, 1.165) is 0 Å². The van der Waals surface area contributed by atoms with Crippen LogP contribution in [-0.4, -0.2) is 32.5 Å². The third-order valence-corrected chi connectivity index (χ3v) is 5.31. The molecule has 118 valence electrons. The van der Waals surface area contributed by atoms with Crippen molar-refractivity contribution in [2.75, 3.05) is 26.9 Å². The predicted octanol–water partition coefficient (Wildman–Crippen LogP) is 4.09. The molecule has 0 amide bonds. The van der Waals surface area contributed by atoms with E-state index in [1.807, 2.05) is 6.92 Å². The molecule has 1 fully saturated rings. The first-order valence-corrected chi connectivity index (χ1v) is 8.22. The van der Waals surface area contributed by atoms with Crippen molar-refractivity contribution < 1.29 is 13.9 Å². The Morgan fingerprint density at radius 1 is 1.48 bits per heavy atom. The van der Waals surface area contributed by atoms with Crippen molar-refractivity contribution in [3.8, 4) is 0 Å². The second-order valence-electron chi connectivity index (χ2n) is 5.14. The van der Waals surface area contributed by atoms with Crippen molar-refractivity contribution in [2.24, 2.45) is 0 Å². The maximum atomic E-state index is 14.6. The van der Waals surface area contributed by atoms with E-state index in [2.05, 4.69) is 21.2 Å². The third-order valence-electron chi connectivity index (χ3n) is 4.06. The lowest BCUT2D eigenvalue weighted by Gasteiger charge is -2.43. The van der Waals surface area contributed by atoms with E-state index in [9.17, 15) is 4.39 Å². The van der Waals surface area contributed by atoms with Crippen LogP contribution in [0.4, 0.5) is 4.39 Å². The second kappa shape index (κ2) is 7.38. The molecule has 1 aromatic rings. The van der Waals surface area contributed by atoms with Gasteiger partial charge >= 0.3 is 0 Å². The molecule has 0 aliphatic carbocycles. The highest BCUT2D eigenvalue weighted by Crippen LogP contribution is 2.40. The van der Waals surface area contributed by atoms with Crippen LogP contribution in [0.2, 0.25) is 5.02 Å². The van der Waals surface area contributed by atoms with Gasteiger partial charge in [-0.1, -0.05) is 24.6 Å². The molecule has 1 atom stereocenters. The fourth-order valence-electron chi connectivity index (χ4n) is 2.87. The zero-order valence-electron chi connectivity index (χ0n) is 12.2. The van der Waals surface area contributed by atoms with Crippen molar-refractivity contribution in [3.05, 3.63) is 33.0 Å². The van der Waals surface area contributed by atoms with E-state index in [0.29, 0.717) is 42.6 Å². The highest BCUT2D eigenvalue weighted by atomic mass is 79.9. The van der Waals surface area contributed by atoms with E-state index >= 15 is 0 Å². The summed E-state index contributed by atoms with van der Waals surface area (Å²) < 4.78 is 26.4. The van der Waals surface area contributed by atoms with Crippen LogP contribution in [0.25, 0.3) is 0 Å². The Balaban J connectivity index is 2.45. The predicted molar refractivity (Wildman–Crippen MR) is 85.3 cm³/mol. The maximum absolute atomic E-state index is 14.6. The van der Waals surface area contributed by atoms with Gasteiger partial charge in [-0.15, -0.1) is 0 Å². The summed E-state index contributed by atoms with van der Waals surface area (Å²) in [5.41, 5.74) is 0.0560. The fourth-order valence-corrected chi connectivity index (χ4v) is 3.35. The molecule has 0 aromatic heterocycles. The quantitative estimate of drug-likeness (QED) is 0.781. The van der Waals surface area contributed by atoms with E-state index < -0.39 is 11.4 Å². The van der Waals surface area contributed by atoms with Crippen LogP contribution in [0, 0.1) is 5.82 Å². The number of benzene rings is 1. The topological polar surface area (TPSA) is 30.5 Å². The summed E-state index contributed by atoms with van der Waals surface area (Å²) in [6.07, 6.45) is 1.43. The van der Waals surface area contributed by atoms with E-state index in [4.69, 9.17) is 21.1 Å². The second-order valence-corrected chi connectivity index (χ2v) is 6.37. The molecule has 6 heteroatoms. The first-order valence-electron chi connectivity index (χ1n) is 7.05. The highest BCUT2D eigenvalue weighted by Gasteiger charge is 2.42. The van der Waals surface area contributed by atoms with Gasteiger partial charge in [0.25, 0.3) is 0 Å². The smallest absolute Gasteiger partial charge is 0.147 e. The van der Waals surface area contributed by atoms with Crippen molar-refractivity contribution in [3.63, 3.8) is 0 Å². The van der Waals surface area contributed by atoms with Crippen LogP contribution in [0.3, 0.4) is 0 Å². The zero-order chi connectivity index (χ0) is 15.5. The number of nitrogens with one attached hydrogen (secondary N) is 1. The Morgan fingerprint density at radius 3 is 2.71 bits per heavy atom. The number of halogens is 3. The molecule has 1 aromatic carbocycles. The minimum absolute atomic E-state index is 0.105.